The van der Waals surface area contributed by atoms with Crippen molar-refractivity contribution in [2.24, 2.45) is 0 Å². The summed E-state index contributed by atoms with van der Waals surface area (Å²) >= 11 is 5.65. The van der Waals surface area contributed by atoms with E-state index < -0.39 is 0 Å². The second kappa shape index (κ2) is 5.65. The number of ether oxygens (including phenoxy) is 1. The molecule has 16 heavy (non-hydrogen) atoms. The van der Waals surface area contributed by atoms with Gasteiger partial charge in [0.1, 0.15) is 6.54 Å². The Morgan fingerprint density at radius 2 is 2.19 bits per heavy atom. The van der Waals surface area contributed by atoms with Crippen LogP contribution in [0.25, 0.3) is 0 Å². The second-order valence-corrected chi connectivity index (χ2v) is 3.90. The number of methoxy groups -OCH3 is 1. The highest BCUT2D eigenvalue weighted by molar-refractivity contribution is 6.29. The number of hydrogen-bond acceptors (Lipinski definition) is 5. The van der Waals surface area contributed by atoms with Crippen molar-refractivity contribution in [1.29, 1.82) is 0 Å². The lowest BCUT2D eigenvalue weighted by Gasteiger charge is -2.25. The molecular weight excluding hydrogens is 230 g/mol. The molecule has 0 bridgehead atoms. The van der Waals surface area contributed by atoms with Crippen LogP contribution in [-0.4, -0.2) is 35.9 Å². The minimum Gasteiger partial charge on any atom is -0.468 e. The lowest BCUT2D eigenvalue weighted by atomic mass is 10.3. The summed E-state index contributed by atoms with van der Waals surface area (Å²) in [6, 6.07) is 3.48. The molecule has 1 rings (SSSR count). The maximum absolute atomic E-state index is 11.2. The molecule has 1 aromatic heterocycles. The van der Waals surface area contributed by atoms with Gasteiger partial charge in [0.25, 0.3) is 0 Å². The molecule has 0 amide bonds. The lowest BCUT2D eigenvalue weighted by Crippen LogP contribution is -2.36. The number of hydrogen-bond donors (Lipinski definition) is 0. The number of carbonyl (C=O) groups excluding carboxylic acids is 1. The monoisotopic (exact) mass is 243 g/mol. The van der Waals surface area contributed by atoms with Gasteiger partial charge in [0.2, 0.25) is 0 Å². The van der Waals surface area contributed by atoms with Crippen LogP contribution < -0.4 is 4.90 Å². The summed E-state index contributed by atoms with van der Waals surface area (Å²) in [4.78, 5) is 13.0. The van der Waals surface area contributed by atoms with Crippen LogP contribution in [-0.2, 0) is 9.53 Å². The zero-order chi connectivity index (χ0) is 12.1. The third-order valence-corrected chi connectivity index (χ3v) is 2.26. The summed E-state index contributed by atoms with van der Waals surface area (Å²) < 4.78 is 4.62. The van der Waals surface area contributed by atoms with Crippen molar-refractivity contribution in [3.63, 3.8) is 0 Å². The molecule has 6 heteroatoms. The zero-order valence-corrected chi connectivity index (χ0v) is 10.2. The summed E-state index contributed by atoms with van der Waals surface area (Å²) in [5, 5.41) is 7.99. The van der Waals surface area contributed by atoms with Crippen LogP contribution in [0, 0.1) is 0 Å². The summed E-state index contributed by atoms with van der Waals surface area (Å²) in [5.41, 5.74) is 0. The first kappa shape index (κ1) is 12.7. The number of halogens is 1. The third kappa shape index (κ3) is 3.34. The number of anilines is 1. The highest BCUT2D eigenvalue weighted by Gasteiger charge is 2.16. The van der Waals surface area contributed by atoms with Crippen LogP contribution in [0.5, 0.6) is 0 Å². The SMILES string of the molecule is COC(=O)CN(c1ccc(Cl)nn1)C(C)C. The van der Waals surface area contributed by atoms with E-state index in [1.807, 2.05) is 13.8 Å². The molecule has 0 saturated carbocycles. The number of rotatable bonds is 4. The molecule has 5 nitrogen and oxygen atoms in total. The average Bonchev–Trinajstić information content (AvgIpc) is 2.26. The predicted octanol–water partition coefficient (Wildman–Crippen LogP) is 1.52. The smallest absolute Gasteiger partial charge is 0.325 e. The van der Waals surface area contributed by atoms with Gasteiger partial charge in [-0.05, 0) is 26.0 Å². The van der Waals surface area contributed by atoms with Crippen molar-refractivity contribution < 1.29 is 9.53 Å². The zero-order valence-electron chi connectivity index (χ0n) is 9.48. The summed E-state index contributed by atoms with van der Waals surface area (Å²) in [6.07, 6.45) is 0. The van der Waals surface area contributed by atoms with E-state index in [9.17, 15) is 4.79 Å². The Balaban J connectivity index is 2.85. The number of esters is 1. The van der Waals surface area contributed by atoms with Gasteiger partial charge >= 0.3 is 5.97 Å². The minimum atomic E-state index is -0.314. The van der Waals surface area contributed by atoms with Crippen molar-refractivity contribution in [3.05, 3.63) is 17.3 Å². The van der Waals surface area contributed by atoms with Gasteiger partial charge < -0.3 is 9.64 Å². The molecule has 0 aliphatic rings. The Morgan fingerprint density at radius 1 is 1.50 bits per heavy atom. The lowest BCUT2D eigenvalue weighted by molar-refractivity contribution is -0.139. The van der Waals surface area contributed by atoms with Crippen LogP contribution in [0.4, 0.5) is 5.82 Å². The summed E-state index contributed by atoms with van der Waals surface area (Å²) in [7, 11) is 1.36. The van der Waals surface area contributed by atoms with Crippen molar-refractivity contribution in [2.45, 2.75) is 19.9 Å². The van der Waals surface area contributed by atoms with E-state index in [0.29, 0.717) is 11.0 Å². The van der Waals surface area contributed by atoms with E-state index in [2.05, 4.69) is 14.9 Å². The topological polar surface area (TPSA) is 55.3 Å². The number of carbonyl (C=O) groups is 1. The molecule has 0 radical (unpaired) electrons. The van der Waals surface area contributed by atoms with Gasteiger partial charge in [0.05, 0.1) is 7.11 Å². The van der Waals surface area contributed by atoms with Crippen LogP contribution in [0.3, 0.4) is 0 Å². The maximum atomic E-state index is 11.2. The number of aromatic nitrogens is 2. The second-order valence-electron chi connectivity index (χ2n) is 3.51. The minimum absolute atomic E-state index is 0.120. The molecule has 0 N–H and O–H groups in total. The third-order valence-electron chi connectivity index (χ3n) is 2.06. The van der Waals surface area contributed by atoms with Gasteiger partial charge in [0, 0.05) is 6.04 Å². The van der Waals surface area contributed by atoms with Gasteiger partial charge in [-0.3, -0.25) is 4.79 Å². The van der Waals surface area contributed by atoms with Crippen molar-refractivity contribution >= 4 is 23.4 Å². The highest BCUT2D eigenvalue weighted by atomic mass is 35.5. The fourth-order valence-electron chi connectivity index (χ4n) is 1.19. The van der Waals surface area contributed by atoms with Gasteiger partial charge in [-0.2, -0.15) is 0 Å². The Bertz CT molecular complexity index is 354. The van der Waals surface area contributed by atoms with Crippen LogP contribution >= 0.6 is 11.6 Å². The van der Waals surface area contributed by atoms with E-state index in [0.717, 1.165) is 0 Å². The quantitative estimate of drug-likeness (QED) is 0.751. The van der Waals surface area contributed by atoms with Crippen molar-refractivity contribution in [3.8, 4) is 0 Å². The van der Waals surface area contributed by atoms with Crippen LogP contribution in [0.1, 0.15) is 13.8 Å². The molecule has 1 aromatic rings. The van der Waals surface area contributed by atoms with Gasteiger partial charge in [-0.15, -0.1) is 10.2 Å². The molecule has 0 atom stereocenters. The van der Waals surface area contributed by atoms with E-state index in [1.165, 1.54) is 7.11 Å². The molecule has 0 fully saturated rings. The van der Waals surface area contributed by atoms with Gasteiger partial charge in [0.15, 0.2) is 11.0 Å². The Morgan fingerprint density at radius 3 is 2.62 bits per heavy atom. The highest BCUT2D eigenvalue weighted by Crippen LogP contribution is 2.14. The van der Waals surface area contributed by atoms with E-state index in [-0.39, 0.29) is 18.6 Å². The van der Waals surface area contributed by atoms with E-state index in [4.69, 9.17) is 11.6 Å². The fraction of sp³-hybridized carbons (Fsp3) is 0.500. The normalized spacial score (nSPS) is 10.3. The fourth-order valence-corrected chi connectivity index (χ4v) is 1.29. The predicted molar refractivity (Wildman–Crippen MR) is 61.5 cm³/mol. The number of nitrogens with zero attached hydrogens (tertiary/aromatic N) is 3. The first-order chi connectivity index (χ1) is 7.54. The Hall–Kier alpha value is -1.36. The molecule has 0 aliphatic carbocycles. The van der Waals surface area contributed by atoms with Crippen LogP contribution in [0.2, 0.25) is 5.15 Å². The molecule has 88 valence electrons. The Kier molecular flexibility index (Phi) is 4.49. The van der Waals surface area contributed by atoms with Crippen LogP contribution in [0.15, 0.2) is 12.1 Å². The molecule has 0 unspecified atom stereocenters. The average molecular weight is 244 g/mol. The molecule has 0 aliphatic heterocycles. The van der Waals surface area contributed by atoms with Gasteiger partial charge in [-0.1, -0.05) is 11.6 Å². The first-order valence-electron chi connectivity index (χ1n) is 4.87. The maximum Gasteiger partial charge on any atom is 0.325 e. The first-order valence-corrected chi connectivity index (χ1v) is 5.25. The molecule has 0 saturated heterocycles. The van der Waals surface area contributed by atoms with Crippen molar-refractivity contribution in [1.82, 2.24) is 10.2 Å². The Labute approximate surface area is 99.4 Å². The summed E-state index contributed by atoms with van der Waals surface area (Å²) in [6.45, 7) is 4.06. The van der Waals surface area contributed by atoms with Crippen molar-refractivity contribution in [2.75, 3.05) is 18.6 Å². The molecule has 0 aromatic carbocycles. The van der Waals surface area contributed by atoms with E-state index in [1.54, 1.807) is 17.0 Å². The largest absolute Gasteiger partial charge is 0.468 e. The molecule has 0 spiro atoms. The molecular formula is C10H14ClN3O2. The summed E-state index contributed by atoms with van der Waals surface area (Å²) in [5.74, 6) is 0.287. The molecule has 1 heterocycles. The van der Waals surface area contributed by atoms with E-state index >= 15 is 0 Å². The standard InChI is InChI=1S/C10H14ClN3O2/c1-7(2)14(6-10(15)16-3)9-5-4-8(11)12-13-9/h4-5,7H,6H2,1-3H3. The van der Waals surface area contributed by atoms with Gasteiger partial charge in [-0.25, -0.2) is 0 Å².